The summed E-state index contributed by atoms with van der Waals surface area (Å²) in [5, 5.41) is 9.18. The summed E-state index contributed by atoms with van der Waals surface area (Å²) in [6.45, 7) is 2.07. The number of rotatable bonds is 2. The molecule has 1 aliphatic rings. The number of benzene rings is 1. The summed E-state index contributed by atoms with van der Waals surface area (Å²) < 4.78 is 13.5. The van der Waals surface area contributed by atoms with E-state index in [1.54, 1.807) is 19.1 Å². The second kappa shape index (κ2) is 3.20. The zero-order valence-corrected chi connectivity index (χ0v) is 8.83. The predicted molar refractivity (Wildman–Crippen MR) is 57.6 cm³/mol. The quantitative estimate of drug-likeness (QED) is 0.783. The molecule has 15 heavy (non-hydrogen) atoms. The minimum absolute atomic E-state index is 0.225. The van der Waals surface area contributed by atoms with E-state index in [4.69, 9.17) is 5.73 Å². The van der Waals surface area contributed by atoms with Gasteiger partial charge in [-0.15, -0.1) is 0 Å². The van der Waals surface area contributed by atoms with Gasteiger partial charge in [0.1, 0.15) is 11.4 Å². The molecule has 0 bridgehead atoms. The molecule has 82 valence electrons. The first-order valence-corrected chi connectivity index (χ1v) is 5.16. The van der Waals surface area contributed by atoms with Gasteiger partial charge in [-0.2, -0.15) is 0 Å². The van der Waals surface area contributed by atoms with Gasteiger partial charge in [-0.25, -0.2) is 4.39 Å². The molecular weight excluding hydrogens is 193 g/mol. The Hall–Kier alpha value is -1.09. The van der Waals surface area contributed by atoms with E-state index >= 15 is 0 Å². The van der Waals surface area contributed by atoms with Crippen LogP contribution < -0.4 is 5.73 Å². The van der Waals surface area contributed by atoms with Crippen LogP contribution in [0.5, 0.6) is 5.75 Å². The topological polar surface area (TPSA) is 46.2 Å². The summed E-state index contributed by atoms with van der Waals surface area (Å²) >= 11 is 0. The van der Waals surface area contributed by atoms with Crippen LogP contribution >= 0.6 is 0 Å². The molecule has 3 N–H and O–H groups in total. The summed E-state index contributed by atoms with van der Waals surface area (Å²) in [6, 6.07) is 6.91. The molecule has 1 aliphatic carbocycles. The maximum absolute atomic E-state index is 13.5. The highest BCUT2D eigenvalue weighted by molar-refractivity contribution is 5.35. The summed E-state index contributed by atoms with van der Waals surface area (Å²) in [6.07, 6.45) is 0.947. The highest BCUT2D eigenvalue weighted by Crippen LogP contribution is 2.51. The molecule has 1 saturated carbocycles. The van der Waals surface area contributed by atoms with E-state index in [1.165, 1.54) is 0 Å². The zero-order valence-electron chi connectivity index (χ0n) is 8.83. The fourth-order valence-corrected chi connectivity index (χ4v) is 2.64. The number of hydrogen-bond donors (Lipinski definition) is 2. The average Bonchev–Trinajstić information content (AvgIpc) is 2.14. The van der Waals surface area contributed by atoms with Crippen LogP contribution in [-0.2, 0) is 5.41 Å². The average molecular weight is 209 g/mol. The largest absolute Gasteiger partial charge is 0.508 e. The molecule has 3 heteroatoms. The predicted octanol–water partition coefficient (Wildman–Crippen LogP) is 2.11. The number of hydrogen-bond acceptors (Lipinski definition) is 2. The fourth-order valence-electron chi connectivity index (χ4n) is 2.64. The van der Waals surface area contributed by atoms with Gasteiger partial charge in [-0.05, 0) is 37.5 Å². The van der Waals surface area contributed by atoms with Gasteiger partial charge in [0.2, 0.25) is 0 Å². The lowest BCUT2D eigenvalue weighted by molar-refractivity contribution is 0.00273. The number of nitrogens with two attached hydrogens (primary N) is 1. The molecule has 0 aliphatic heterocycles. The molecule has 0 radical (unpaired) electrons. The van der Waals surface area contributed by atoms with E-state index in [0.717, 1.165) is 5.56 Å². The maximum Gasteiger partial charge on any atom is 0.115 e. The molecule has 0 atom stereocenters. The monoisotopic (exact) mass is 209 g/mol. The smallest absolute Gasteiger partial charge is 0.115 e. The van der Waals surface area contributed by atoms with Crippen molar-refractivity contribution < 1.29 is 9.50 Å². The Balaban J connectivity index is 2.25. The molecule has 0 amide bonds. The van der Waals surface area contributed by atoms with E-state index in [1.807, 2.05) is 12.1 Å². The molecule has 0 aromatic heterocycles. The Morgan fingerprint density at radius 2 is 1.87 bits per heavy atom. The minimum atomic E-state index is -1.09. The molecule has 1 fully saturated rings. The van der Waals surface area contributed by atoms with Crippen molar-refractivity contribution in [2.75, 3.05) is 6.54 Å². The van der Waals surface area contributed by atoms with Crippen molar-refractivity contribution in [3.8, 4) is 5.75 Å². The molecule has 0 saturated heterocycles. The third kappa shape index (κ3) is 1.72. The third-order valence-corrected chi connectivity index (χ3v) is 3.28. The van der Waals surface area contributed by atoms with Crippen molar-refractivity contribution in [3.05, 3.63) is 29.8 Å². The summed E-state index contributed by atoms with van der Waals surface area (Å²) in [5.74, 6) is 0.230. The van der Waals surface area contributed by atoms with Crippen LogP contribution in [0.3, 0.4) is 0 Å². The Morgan fingerprint density at radius 3 is 2.27 bits per heavy atom. The van der Waals surface area contributed by atoms with Gasteiger partial charge in [0.15, 0.2) is 0 Å². The molecule has 1 aromatic rings. The minimum Gasteiger partial charge on any atom is -0.508 e. The number of halogens is 1. The first-order valence-electron chi connectivity index (χ1n) is 5.16. The van der Waals surface area contributed by atoms with Gasteiger partial charge in [-0.1, -0.05) is 12.1 Å². The van der Waals surface area contributed by atoms with Crippen LogP contribution in [-0.4, -0.2) is 17.3 Å². The van der Waals surface area contributed by atoms with Gasteiger partial charge in [0.25, 0.3) is 0 Å². The van der Waals surface area contributed by atoms with Crippen molar-refractivity contribution in [2.24, 2.45) is 5.73 Å². The van der Waals surface area contributed by atoms with Gasteiger partial charge in [0.05, 0.1) is 0 Å². The molecular formula is C12H16FNO. The fraction of sp³-hybridized carbons (Fsp3) is 0.500. The number of phenolic OH excluding ortho intramolecular Hbond substituents is 1. The van der Waals surface area contributed by atoms with Gasteiger partial charge in [0, 0.05) is 12.0 Å². The first kappa shape index (κ1) is 10.4. The van der Waals surface area contributed by atoms with Crippen LogP contribution in [0.1, 0.15) is 25.3 Å². The number of aromatic hydroxyl groups is 1. The summed E-state index contributed by atoms with van der Waals surface area (Å²) in [4.78, 5) is 0. The van der Waals surface area contributed by atoms with Gasteiger partial charge < -0.3 is 10.8 Å². The van der Waals surface area contributed by atoms with Crippen molar-refractivity contribution in [2.45, 2.75) is 30.8 Å². The lowest BCUT2D eigenvalue weighted by Crippen LogP contribution is -2.54. The second-order valence-corrected chi connectivity index (χ2v) is 4.80. The highest BCUT2D eigenvalue weighted by atomic mass is 19.1. The van der Waals surface area contributed by atoms with Crippen molar-refractivity contribution >= 4 is 0 Å². The van der Waals surface area contributed by atoms with Crippen LogP contribution in [0.4, 0.5) is 4.39 Å². The van der Waals surface area contributed by atoms with E-state index < -0.39 is 5.67 Å². The van der Waals surface area contributed by atoms with E-state index in [9.17, 15) is 9.50 Å². The Bertz CT molecular complexity index is 350. The van der Waals surface area contributed by atoms with E-state index in [-0.39, 0.29) is 11.2 Å². The molecule has 0 unspecified atom stereocenters. The zero-order chi connectivity index (χ0) is 11.1. The normalized spacial score (nSPS) is 34.9. The lowest BCUT2D eigenvalue weighted by Gasteiger charge is -2.50. The number of alkyl halides is 1. The first-order chi connectivity index (χ1) is 6.97. The second-order valence-electron chi connectivity index (χ2n) is 4.80. The molecule has 0 heterocycles. The Kier molecular flexibility index (Phi) is 2.23. The molecule has 2 rings (SSSR count). The number of phenols is 1. The lowest BCUT2D eigenvalue weighted by atomic mass is 9.57. The molecule has 2 nitrogen and oxygen atoms in total. The maximum atomic E-state index is 13.5. The Morgan fingerprint density at radius 1 is 1.33 bits per heavy atom. The SMILES string of the molecule is CC1(F)CC(CN)(c2ccc(O)cc2)C1. The van der Waals surface area contributed by atoms with Crippen LogP contribution in [0.15, 0.2) is 24.3 Å². The molecule has 1 aromatic carbocycles. The van der Waals surface area contributed by atoms with Gasteiger partial charge >= 0.3 is 0 Å². The summed E-state index contributed by atoms with van der Waals surface area (Å²) in [7, 11) is 0. The standard InChI is InChI=1S/C12H16FNO/c1-11(13)6-12(7-11,8-14)9-2-4-10(15)5-3-9/h2-5,15H,6-8,14H2,1H3. The van der Waals surface area contributed by atoms with Crippen LogP contribution in [0, 0.1) is 0 Å². The summed E-state index contributed by atoms with van der Waals surface area (Å²) in [5.41, 5.74) is 5.45. The van der Waals surface area contributed by atoms with Crippen LogP contribution in [0.25, 0.3) is 0 Å². The van der Waals surface area contributed by atoms with Gasteiger partial charge in [-0.3, -0.25) is 0 Å². The van der Waals surface area contributed by atoms with E-state index in [0.29, 0.717) is 19.4 Å². The van der Waals surface area contributed by atoms with E-state index in [2.05, 4.69) is 0 Å². The van der Waals surface area contributed by atoms with Crippen molar-refractivity contribution in [1.82, 2.24) is 0 Å². The highest BCUT2D eigenvalue weighted by Gasteiger charge is 2.52. The Labute approximate surface area is 88.9 Å². The van der Waals surface area contributed by atoms with Crippen molar-refractivity contribution in [1.29, 1.82) is 0 Å². The third-order valence-electron chi connectivity index (χ3n) is 3.28. The van der Waals surface area contributed by atoms with Crippen LogP contribution in [0.2, 0.25) is 0 Å². The van der Waals surface area contributed by atoms with Crippen molar-refractivity contribution in [3.63, 3.8) is 0 Å². The molecule has 0 spiro atoms.